The topological polar surface area (TPSA) is 46.5 Å². The third-order valence-corrected chi connectivity index (χ3v) is 4.78. The Morgan fingerprint density at radius 1 is 1.00 bits per heavy atom. The lowest BCUT2D eigenvalue weighted by Crippen LogP contribution is -2.31. The van der Waals surface area contributed by atoms with E-state index >= 15 is 0 Å². The van der Waals surface area contributed by atoms with Crippen LogP contribution in [-0.2, 0) is 9.53 Å². The van der Waals surface area contributed by atoms with Crippen molar-refractivity contribution in [2.24, 2.45) is 11.8 Å². The second-order valence-electron chi connectivity index (χ2n) is 6.00. The molecule has 104 valence electrons. The lowest BCUT2D eigenvalue weighted by Gasteiger charge is -2.33. The Hall–Kier alpha value is -0.570. The summed E-state index contributed by atoms with van der Waals surface area (Å²) >= 11 is 0. The van der Waals surface area contributed by atoms with E-state index < -0.39 is 5.97 Å². The summed E-state index contributed by atoms with van der Waals surface area (Å²) in [4.78, 5) is 10.9. The molecule has 0 atom stereocenters. The smallest absolute Gasteiger partial charge is 0.306 e. The molecule has 3 heteroatoms. The Bertz CT molecular complexity index is 261. The van der Waals surface area contributed by atoms with Gasteiger partial charge in [-0.1, -0.05) is 13.3 Å². The number of carbonyl (C=O) groups is 1. The fourth-order valence-electron chi connectivity index (χ4n) is 3.39. The number of carboxylic acid groups (broad SMARTS) is 1. The molecule has 0 aromatic carbocycles. The summed E-state index contributed by atoms with van der Waals surface area (Å²) in [5, 5.41) is 8.96. The van der Waals surface area contributed by atoms with Crippen molar-refractivity contribution < 1.29 is 14.6 Å². The molecule has 1 N–H and O–H groups in total. The van der Waals surface area contributed by atoms with Crippen LogP contribution in [0.1, 0.15) is 64.7 Å². The second-order valence-corrected chi connectivity index (χ2v) is 6.00. The van der Waals surface area contributed by atoms with E-state index in [1.54, 1.807) is 0 Å². The quantitative estimate of drug-likeness (QED) is 0.833. The van der Waals surface area contributed by atoms with Crippen molar-refractivity contribution in [1.82, 2.24) is 0 Å². The lowest BCUT2D eigenvalue weighted by atomic mass is 9.84. The second kappa shape index (κ2) is 6.55. The molecule has 18 heavy (non-hydrogen) atoms. The summed E-state index contributed by atoms with van der Waals surface area (Å²) < 4.78 is 6.16. The van der Waals surface area contributed by atoms with Crippen LogP contribution < -0.4 is 0 Å². The van der Waals surface area contributed by atoms with E-state index in [-0.39, 0.29) is 5.92 Å². The Morgan fingerprint density at radius 3 is 1.94 bits per heavy atom. The summed E-state index contributed by atoms with van der Waals surface area (Å²) in [6.07, 6.45) is 10.6. The average Bonchev–Trinajstić information content (AvgIpc) is 2.40. The number of hydrogen-bond acceptors (Lipinski definition) is 2. The van der Waals surface area contributed by atoms with Gasteiger partial charge in [-0.25, -0.2) is 0 Å². The third kappa shape index (κ3) is 3.71. The minimum atomic E-state index is -0.628. The first-order valence-electron chi connectivity index (χ1n) is 7.57. The molecule has 0 saturated heterocycles. The van der Waals surface area contributed by atoms with Gasteiger partial charge in [0, 0.05) is 0 Å². The molecule has 2 fully saturated rings. The SMILES string of the molecule is CCC1CCC(OC2CCC(C(=O)O)CC2)CC1. The number of carboxylic acids is 1. The summed E-state index contributed by atoms with van der Waals surface area (Å²) in [6, 6.07) is 0. The Balaban J connectivity index is 1.67. The van der Waals surface area contributed by atoms with Gasteiger partial charge in [0.1, 0.15) is 0 Å². The van der Waals surface area contributed by atoms with Crippen LogP contribution in [0.3, 0.4) is 0 Å². The molecule has 0 amide bonds. The maximum atomic E-state index is 10.9. The van der Waals surface area contributed by atoms with Gasteiger partial charge in [0.2, 0.25) is 0 Å². The molecule has 3 nitrogen and oxygen atoms in total. The third-order valence-electron chi connectivity index (χ3n) is 4.78. The molecule has 0 aliphatic heterocycles. The van der Waals surface area contributed by atoms with Gasteiger partial charge in [-0.15, -0.1) is 0 Å². The zero-order valence-corrected chi connectivity index (χ0v) is 11.4. The van der Waals surface area contributed by atoms with Gasteiger partial charge < -0.3 is 9.84 Å². The van der Waals surface area contributed by atoms with Crippen LogP contribution in [0.5, 0.6) is 0 Å². The van der Waals surface area contributed by atoms with E-state index in [4.69, 9.17) is 9.84 Å². The van der Waals surface area contributed by atoms with Crippen molar-refractivity contribution in [3.8, 4) is 0 Å². The van der Waals surface area contributed by atoms with E-state index in [1.165, 1.54) is 32.1 Å². The first-order valence-corrected chi connectivity index (χ1v) is 7.57. The molecule has 0 aromatic heterocycles. The molecule has 0 unspecified atom stereocenters. The fraction of sp³-hybridized carbons (Fsp3) is 0.933. The van der Waals surface area contributed by atoms with Gasteiger partial charge in [-0.05, 0) is 57.3 Å². The first kappa shape index (κ1) is 13.9. The van der Waals surface area contributed by atoms with E-state index in [0.717, 1.165) is 31.6 Å². The van der Waals surface area contributed by atoms with Gasteiger partial charge in [0.25, 0.3) is 0 Å². The molecular formula is C15H26O3. The Morgan fingerprint density at radius 2 is 1.50 bits per heavy atom. The highest BCUT2D eigenvalue weighted by molar-refractivity contribution is 5.70. The number of rotatable bonds is 4. The van der Waals surface area contributed by atoms with E-state index in [0.29, 0.717) is 12.2 Å². The summed E-state index contributed by atoms with van der Waals surface area (Å²) in [7, 11) is 0. The van der Waals surface area contributed by atoms with Gasteiger partial charge >= 0.3 is 5.97 Å². The predicted molar refractivity (Wildman–Crippen MR) is 70.5 cm³/mol. The van der Waals surface area contributed by atoms with Crippen LogP contribution in [0.25, 0.3) is 0 Å². The van der Waals surface area contributed by atoms with Crippen LogP contribution >= 0.6 is 0 Å². The molecule has 0 spiro atoms. The van der Waals surface area contributed by atoms with Crippen molar-refractivity contribution in [3.63, 3.8) is 0 Å². The normalized spacial score (nSPS) is 37.4. The monoisotopic (exact) mass is 254 g/mol. The predicted octanol–water partition coefficient (Wildman–Crippen LogP) is 3.62. The molecule has 0 heterocycles. The lowest BCUT2D eigenvalue weighted by molar-refractivity contribution is -0.144. The zero-order chi connectivity index (χ0) is 13.0. The van der Waals surface area contributed by atoms with E-state index in [2.05, 4.69) is 6.92 Å². The number of ether oxygens (including phenoxy) is 1. The Kier molecular flexibility index (Phi) is 5.04. The van der Waals surface area contributed by atoms with Crippen molar-refractivity contribution in [2.45, 2.75) is 76.9 Å². The van der Waals surface area contributed by atoms with E-state index in [1.807, 2.05) is 0 Å². The molecule has 0 aromatic rings. The van der Waals surface area contributed by atoms with Crippen molar-refractivity contribution >= 4 is 5.97 Å². The Labute approximate surface area is 110 Å². The molecular weight excluding hydrogens is 228 g/mol. The molecule has 0 radical (unpaired) electrons. The molecule has 0 bridgehead atoms. The maximum Gasteiger partial charge on any atom is 0.306 e. The van der Waals surface area contributed by atoms with Crippen LogP contribution in [0.15, 0.2) is 0 Å². The largest absolute Gasteiger partial charge is 0.481 e. The van der Waals surface area contributed by atoms with Gasteiger partial charge in [0.05, 0.1) is 18.1 Å². The van der Waals surface area contributed by atoms with Crippen LogP contribution in [0.2, 0.25) is 0 Å². The highest BCUT2D eigenvalue weighted by Crippen LogP contribution is 2.32. The molecule has 2 aliphatic rings. The summed E-state index contributed by atoms with van der Waals surface area (Å²) in [5.41, 5.74) is 0. The number of hydrogen-bond donors (Lipinski definition) is 1. The van der Waals surface area contributed by atoms with Crippen molar-refractivity contribution in [3.05, 3.63) is 0 Å². The highest BCUT2D eigenvalue weighted by atomic mass is 16.5. The maximum absolute atomic E-state index is 10.9. The van der Waals surface area contributed by atoms with Crippen LogP contribution in [0.4, 0.5) is 0 Å². The first-order chi connectivity index (χ1) is 8.69. The van der Waals surface area contributed by atoms with Gasteiger partial charge in [0.15, 0.2) is 0 Å². The molecule has 2 rings (SSSR count). The molecule has 2 saturated carbocycles. The van der Waals surface area contributed by atoms with Gasteiger partial charge in [-0.2, -0.15) is 0 Å². The van der Waals surface area contributed by atoms with Crippen LogP contribution in [-0.4, -0.2) is 23.3 Å². The summed E-state index contributed by atoms with van der Waals surface area (Å²) in [6.45, 7) is 2.28. The van der Waals surface area contributed by atoms with Crippen molar-refractivity contribution in [2.75, 3.05) is 0 Å². The van der Waals surface area contributed by atoms with E-state index in [9.17, 15) is 4.79 Å². The summed E-state index contributed by atoms with van der Waals surface area (Å²) in [5.74, 6) is 0.158. The van der Waals surface area contributed by atoms with Crippen LogP contribution in [0, 0.1) is 11.8 Å². The average molecular weight is 254 g/mol. The minimum absolute atomic E-state index is 0.124. The zero-order valence-electron chi connectivity index (χ0n) is 11.4. The minimum Gasteiger partial charge on any atom is -0.481 e. The number of aliphatic carboxylic acids is 1. The van der Waals surface area contributed by atoms with Crippen molar-refractivity contribution in [1.29, 1.82) is 0 Å². The fourth-order valence-corrected chi connectivity index (χ4v) is 3.39. The standard InChI is InChI=1S/C15H26O3/c1-2-11-3-7-13(8-4-11)18-14-9-5-12(6-10-14)15(16)17/h11-14H,2-10H2,1H3,(H,16,17). The van der Waals surface area contributed by atoms with Gasteiger partial charge in [-0.3, -0.25) is 4.79 Å². The molecule has 2 aliphatic carbocycles. The highest BCUT2D eigenvalue weighted by Gasteiger charge is 2.29.